The molecule has 126 valence electrons. The van der Waals surface area contributed by atoms with E-state index in [4.69, 9.17) is 4.42 Å². The fraction of sp³-hybridized carbons (Fsp3) is 0.412. The number of hydrazine groups is 1. The van der Waals surface area contributed by atoms with Crippen LogP contribution in [0.25, 0.3) is 11.5 Å². The van der Waals surface area contributed by atoms with Crippen LogP contribution < -0.4 is 10.9 Å². The van der Waals surface area contributed by atoms with E-state index in [1.54, 1.807) is 0 Å². The molecule has 7 nitrogen and oxygen atoms in total. The van der Waals surface area contributed by atoms with E-state index < -0.39 is 0 Å². The molecule has 1 aliphatic carbocycles. The number of rotatable bonds is 5. The van der Waals surface area contributed by atoms with Crippen LogP contribution in [0.4, 0.5) is 0 Å². The molecule has 2 atom stereocenters. The van der Waals surface area contributed by atoms with E-state index in [2.05, 4.69) is 21.0 Å². The lowest BCUT2D eigenvalue weighted by molar-refractivity contribution is -0.129. The highest BCUT2D eigenvalue weighted by molar-refractivity contribution is 5.85. The van der Waals surface area contributed by atoms with Gasteiger partial charge in [-0.2, -0.15) is 0 Å². The summed E-state index contributed by atoms with van der Waals surface area (Å²) in [5, 5.41) is 7.94. The number of aryl methyl sites for hydroxylation is 2. The van der Waals surface area contributed by atoms with Crippen LogP contribution in [-0.4, -0.2) is 22.0 Å². The largest absolute Gasteiger partial charge is 0.421 e. The number of aromatic nitrogens is 2. The average Bonchev–Trinajstić information content (AvgIpc) is 3.12. The van der Waals surface area contributed by atoms with E-state index in [0.717, 1.165) is 17.5 Å². The Morgan fingerprint density at radius 2 is 1.92 bits per heavy atom. The summed E-state index contributed by atoms with van der Waals surface area (Å²) in [5.74, 6) is 0.838. The monoisotopic (exact) mass is 328 g/mol. The summed E-state index contributed by atoms with van der Waals surface area (Å²) in [7, 11) is 0. The minimum absolute atomic E-state index is 0.0262. The summed E-state index contributed by atoms with van der Waals surface area (Å²) in [6, 6.07) is 7.76. The predicted octanol–water partition coefficient (Wildman–Crippen LogP) is 1.78. The number of hydrogen-bond acceptors (Lipinski definition) is 5. The van der Waals surface area contributed by atoms with Crippen molar-refractivity contribution in [2.24, 2.45) is 11.8 Å². The zero-order chi connectivity index (χ0) is 17.1. The summed E-state index contributed by atoms with van der Waals surface area (Å²) in [4.78, 5) is 23.4. The maximum atomic E-state index is 11.7. The Morgan fingerprint density at radius 3 is 2.58 bits per heavy atom. The van der Waals surface area contributed by atoms with Crippen LogP contribution in [0.1, 0.15) is 31.2 Å². The van der Waals surface area contributed by atoms with Crippen molar-refractivity contribution in [3.05, 3.63) is 35.7 Å². The van der Waals surface area contributed by atoms with Crippen molar-refractivity contribution in [1.29, 1.82) is 0 Å². The van der Waals surface area contributed by atoms with Crippen LogP contribution in [0.2, 0.25) is 0 Å². The Hall–Kier alpha value is -2.70. The Kier molecular flexibility index (Phi) is 4.59. The lowest BCUT2D eigenvalue weighted by Gasteiger charge is -2.05. The molecule has 24 heavy (non-hydrogen) atoms. The number of nitrogens with one attached hydrogen (secondary N) is 2. The molecule has 2 N–H and O–H groups in total. The van der Waals surface area contributed by atoms with Gasteiger partial charge < -0.3 is 4.42 Å². The molecule has 1 heterocycles. The summed E-state index contributed by atoms with van der Waals surface area (Å²) in [5.41, 5.74) is 6.85. The Bertz CT molecular complexity index is 739. The molecule has 0 radical (unpaired) electrons. The van der Waals surface area contributed by atoms with Crippen molar-refractivity contribution in [2.45, 2.75) is 33.1 Å². The Morgan fingerprint density at radius 1 is 1.21 bits per heavy atom. The van der Waals surface area contributed by atoms with Gasteiger partial charge in [0.25, 0.3) is 0 Å². The maximum absolute atomic E-state index is 11.7. The van der Waals surface area contributed by atoms with Crippen LogP contribution >= 0.6 is 0 Å². The maximum Gasteiger partial charge on any atom is 0.247 e. The highest BCUT2D eigenvalue weighted by Crippen LogP contribution is 2.37. The second-order valence-corrected chi connectivity index (χ2v) is 6.22. The van der Waals surface area contributed by atoms with Crippen molar-refractivity contribution in [3.8, 4) is 11.5 Å². The number of benzene rings is 1. The zero-order valence-corrected chi connectivity index (χ0v) is 13.7. The standard InChI is InChI=1S/C17H20N4O3/c1-10-3-5-12(6-4-10)17-21-19-15(24-17)8-7-14(22)18-20-16(23)13-9-11(13)2/h3-6,11,13H,7-9H2,1-2H3,(H,18,22)(H,20,23)/t11-,13-/m0/s1. The number of nitrogens with zero attached hydrogens (tertiary/aromatic N) is 2. The first-order valence-corrected chi connectivity index (χ1v) is 8.01. The molecule has 3 rings (SSSR count). The minimum atomic E-state index is -0.285. The third-order valence-electron chi connectivity index (χ3n) is 4.10. The molecule has 1 aliphatic rings. The quantitative estimate of drug-likeness (QED) is 0.816. The van der Waals surface area contributed by atoms with E-state index in [9.17, 15) is 9.59 Å². The van der Waals surface area contributed by atoms with Gasteiger partial charge in [-0.05, 0) is 31.4 Å². The molecule has 1 aromatic carbocycles. The van der Waals surface area contributed by atoms with Gasteiger partial charge in [0.1, 0.15) is 0 Å². The molecule has 0 aliphatic heterocycles. The van der Waals surface area contributed by atoms with Crippen LogP contribution in [0.15, 0.2) is 28.7 Å². The number of carbonyl (C=O) groups excluding carboxylic acids is 2. The summed E-state index contributed by atoms with van der Waals surface area (Å²) in [6.07, 6.45) is 1.36. The summed E-state index contributed by atoms with van der Waals surface area (Å²) < 4.78 is 5.56. The highest BCUT2D eigenvalue weighted by Gasteiger charge is 2.39. The van der Waals surface area contributed by atoms with E-state index in [0.29, 0.717) is 24.1 Å². The minimum Gasteiger partial charge on any atom is -0.421 e. The van der Waals surface area contributed by atoms with Crippen molar-refractivity contribution < 1.29 is 14.0 Å². The van der Waals surface area contributed by atoms with Crippen molar-refractivity contribution in [3.63, 3.8) is 0 Å². The van der Waals surface area contributed by atoms with Gasteiger partial charge in [-0.25, -0.2) is 0 Å². The zero-order valence-electron chi connectivity index (χ0n) is 13.7. The van der Waals surface area contributed by atoms with Gasteiger partial charge in [0.15, 0.2) is 0 Å². The molecular weight excluding hydrogens is 308 g/mol. The predicted molar refractivity (Wildman–Crippen MR) is 86.3 cm³/mol. The van der Waals surface area contributed by atoms with Gasteiger partial charge in [0, 0.05) is 24.3 Å². The summed E-state index contributed by atoms with van der Waals surface area (Å²) >= 11 is 0. The molecule has 0 unspecified atom stereocenters. The third kappa shape index (κ3) is 3.98. The molecule has 1 fully saturated rings. The molecule has 2 amide bonds. The smallest absolute Gasteiger partial charge is 0.247 e. The van der Waals surface area contributed by atoms with E-state index >= 15 is 0 Å². The topological polar surface area (TPSA) is 97.1 Å². The first kappa shape index (κ1) is 16.2. The second kappa shape index (κ2) is 6.82. The molecule has 0 spiro atoms. The first-order valence-electron chi connectivity index (χ1n) is 8.01. The lowest BCUT2D eigenvalue weighted by Crippen LogP contribution is -2.42. The number of amides is 2. The van der Waals surface area contributed by atoms with Crippen molar-refractivity contribution in [1.82, 2.24) is 21.0 Å². The fourth-order valence-electron chi connectivity index (χ4n) is 2.36. The van der Waals surface area contributed by atoms with Gasteiger partial charge in [-0.15, -0.1) is 10.2 Å². The van der Waals surface area contributed by atoms with E-state index in [-0.39, 0.29) is 24.2 Å². The van der Waals surface area contributed by atoms with E-state index in [1.165, 1.54) is 0 Å². The lowest BCUT2D eigenvalue weighted by atomic mass is 10.1. The van der Waals surface area contributed by atoms with Gasteiger partial charge >= 0.3 is 0 Å². The van der Waals surface area contributed by atoms with Crippen LogP contribution in [0.3, 0.4) is 0 Å². The third-order valence-corrected chi connectivity index (χ3v) is 4.10. The summed E-state index contributed by atoms with van der Waals surface area (Å²) in [6.45, 7) is 4.01. The van der Waals surface area contributed by atoms with E-state index in [1.807, 2.05) is 38.1 Å². The van der Waals surface area contributed by atoms with Crippen LogP contribution in [0, 0.1) is 18.8 Å². The van der Waals surface area contributed by atoms with Gasteiger partial charge in [-0.3, -0.25) is 20.4 Å². The molecule has 1 aromatic heterocycles. The molecular formula is C17H20N4O3. The molecule has 7 heteroatoms. The second-order valence-electron chi connectivity index (χ2n) is 6.22. The Balaban J connectivity index is 1.45. The number of carbonyl (C=O) groups is 2. The molecule has 1 saturated carbocycles. The normalized spacial score (nSPS) is 18.9. The van der Waals surface area contributed by atoms with Gasteiger partial charge in [0.05, 0.1) is 0 Å². The van der Waals surface area contributed by atoms with Crippen molar-refractivity contribution in [2.75, 3.05) is 0 Å². The highest BCUT2D eigenvalue weighted by atomic mass is 16.4. The van der Waals surface area contributed by atoms with Crippen LogP contribution in [-0.2, 0) is 16.0 Å². The van der Waals surface area contributed by atoms with Crippen molar-refractivity contribution >= 4 is 11.8 Å². The molecule has 0 bridgehead atoms. The first-order chi connectivity index (χ1) is 11.5. The van der Waals surface area contributed by atoms with Gasteiger partial charge in [-0.1, -0.05) is 24.6 Å². The molecule has 0 saturated heterocycles. The average molecular weight is 328 g/mol. The van der Waals surface area contributed by atoms with Gasteiger partial charge in [0.2, 0.25) is 23.6 Å². The van der Waals surface area contributed by atoms with Crippen LogP contribution in [0.5, 0.6) is 0 Å². The Labute approximate surface area is 139 Å². The molecule has 2 aromatic rings. The number of hydrogen-bond donors (Lipinski definition) is 2. The SMILES string of the molecule is Cc1ccc(-c2nnc(CCC(=O)NNC(=O)[C@H]3C[C@@H]3C)o2)cc1. The fourth-order valence-corrected chi connectivity index (χ4v) is 2.36.